The van der Waals surface area contributed by atoms with E-state index >= 15 is 0 Å². The normalized spacial score (nSPS) is 19.2. The highest BCUT2D eigenvalue weighted by Crippen LogP contribution is 2.36. The van der Waals surface area contributed by atoms with Crippen LogP contribution in [0.4, 0.5) is 5.82 Å². The van der Waals surface area contributed by atoms with Crippen molar-refractivity contribution in [2.75, 3.05) is 32.0 Å². The van der Waals surface area contributed by atoms with Crippen molar-refractivity contribution in [1.29, 1.82) is 0 Å². The summed E-state index contributed by atoms with van der Waals surface area (Å²) in [5.74, 6) is 1.77. The second kappa shape index (κ2) is 5.60. The largest absolute Gasteiger partial charge is 0.369 e. The van der Waals surface area contributed by atoms with Gasteiger partial charge in [0.2, 0.25) is 0 Å². The fourth-order valence-corrected chi connectivity index (χ4v) is 3.71. The lowest BCUT2D eigenvalue weighted by Gasteiger charge is -2.28. The maximum Gasteiger partial charge on any atom is 0.133 e. The van der Waals surface area contributed by atoms with Gasteiger partial charge in [-0.05, 0) is 63.7 Å². The molecule has 0 saturated carbocycles. The van der Waals surface area contributed by atoms with Gasteiger partial charge in [0.1, 0.15) is 5.82 Å². The molecule has 2 aliphatic rings. The molecule has 0 radical (unpaired) electrons. The fraction of sp³-hybridized carbons (Fsp3) is 0.471. The molecular formula is C17H21ClN4. The Morgan fingerprint density at radius 3 is 2.64 bits per heavy atom. The van der Waals surface area contributed by atoms with E-state index in [2.05, 4.69) is 21.9 Å². The van der Waals surface area contributed by atoms with Gasteiger partial charge in [0.15, 0.2) is 0 Å². The number of piperidine rings is 1. The van der Waals surface area contributed by atoms with Gasteiger partial charge >= 0.3 is 0 Å². The number of hydrogen-bond acceptors (Lipinski definition) is 3. The number of fused-ring (bicyclic) bond motifs is 1. The highest BCUT2D eigenvalue weighted by atomic mass is 35.5. The molecule has 1 aromatic heterocycles. The number of nitrogens with zero attached hydrogens (tertiary/aromatic N) is 3. The SMILES string of the molecule is CN1CCC(c2nn(-c3ccc(Cl)cc3)c3c2CCN3)CC1. The highest BCUT2D eigenvalue weighted by Gasteiger charge is 2.29. The maximum absolute atomic E-state index is 6.01. The zero-order chi connectivity index (χ0) is 15.1. The van der Waals surface area contributed by atoms with E-state index in [9.17, 15) is 0 Å². The van der Waals surface area contributed by atoms with E-state index < -0.39 is 0 Å². The van der Waals surface area contributed by atoms with Crippen LogP contribution >= 0.6 is 11.6 Å². The zero-order valence-electron chi connectivity index (χ0n) is 12.8. The number of benzene rings is 1. The van der Waals surface area contributed by atoms with Gasteiger partial charge < -0.3 is 10.2 Å². The molecule has 4 rings (SSSR count). The Hall–Kier alpha value is -1.52. The van der Waals surface area contributed by atoms with Crippen LogP contribution in [0.1, 0.15) is 30.0 Å². The molecule has 0 spiro atoms. The molecule has 1 aromatic carbocycles. The number of hydrogen-bond donors (Lipinski definition) is 1. The predicted molar refractivity (Wildman–Crippen MR) is 90.2 cm³/mol. The van der Waals surface area contributed by atoms with E-state index in [1.54, 1.807) is 0 Å². The summed E-state index contributed by atoms with van der Waals surface area (Å²) in [6, 6.07) is 7.92. The number of halogens is 1. The van der Waals surface area contributed by atoms with E-state index in [1.165, 1.54) is 43.0 Å². The smallest absolute Gasteiger partial charge is 0.133 e. The molecule has 2 aromatic rings. The minimum absolute atomic E-state index is 0.596. The van der Waals surface area contributed by atoms with Crippen LogP contribution in [-0.4, -0.2) is 41.4 Å². The van der Waals surface area contributed by atoms with E-state index in [0.717, 1.165) is 23.7 Å². The minimum Gasteiger partial charge on any atom is -0.369 e. The topological polar surface area (TPSA) is 33.1 Å². The summed E-state index contributed by atoms with van der Waals surface area (Å²) in [7, 11) is 2.20. The van der Waals surface area contributed by atoms with E-state index in [-0.39, 0.29) is 0 Å². The molecule has 0 atom stereocenters. The van der Waals surface area contributed by atoms with Gasteiger partial charge in [-0.25, -0.2) is 4.68 Å². The van der Waals surface area contributed by atoms with Gasteiger partial charge in [-0.1, -0.05) is 11.6 Å². The van der Waals surface area contributed by atoms with Crippen molar-refractivity contribution < 1.29 is 0 Å². The average Bonchev–Trinajstić information content (AvgIpc) is 3.12. The molecule has 1 fully saturated rings. The molecule has 1 N–H and O–H groups in total. The number of aromatic nitrogens is 2. The molecule has 3 heterocycles. The zero-order valence-corrected chi connectivity index (χ0v) is 13.6. The first-order chi connectivity index (χ1) is 10.7. The molecule has 0 amide bonds. The predicted octanol–water partition coefficient (Wildman–Crippen LogP) is 3.30. The van der Waals surface area contributed by atoms with Crippen molar-refractivity contribution in [1.82, 2.24) is 14.7 Å². The average molecular weight is 317 g/mol. The van der Waals surface area contributed by atoms with Gasteiger partial charge in [0.25, 0.3) is 0 Å². The van der Waals surface area contributed by atoms with Crippen molar-refractivity contribution in [2.45, 2.75) is 25.2 Å². The second-order valence-corrected chi connectivity index (χ2v) is 6.79. The van der Waals surface area contributed by atoms with Crippen LogP contribution in [0.5, 0.6) is 0 Å². The Bertz CT molecular complexity index is 669. The Balaban J connectivity index is 1.72. The van der Waals surface area contributed by atoms with Gasteiger partial charge in [-0.3, -0.25) is 0 Å². The third-order valence-electron chi connectivity index (χ3n) is 4.86. The molecule has 2 aliphatic heterocycles. The van der Waals surface area contributed by atoms with Gasteiger partial charge in [0, 0.05) is 23.0 Å². The second-order valence-electron chi connectivity index (χ2n) is 6.35. The molecule has 116 valence electrons. The van der Waals surface area contributed by atoms with Crippen molar-refractivity contribution in [2.24, 2.45) is 0 Å². The van der Waals surface area contributed by atoms with Gasteiger partial charge in [0.05, 0.1) is 11.4 Å². The van der Waals surface area contributed by atoms with Crippen LogP contribution in [0.3, 0.4) is 0 Å². The molecule has 5 heteroatoms. The third-order valence-corrected chi connectivity index (χ3v) is 5.11. The molecule has 0 bridgehead atoms. The first-order valence-corrected chi connectivity index (χ1v) is 8.40. The summed E-state index contributed by atoms with van der Waals surface area (Å²) < 4.78 is 2.06. The summed E-state index contributed by atoms with van der Waals surface area (Å²) in [4.78, 5) is 2.41. The van der Waals surface area contributed by atoms with E-state index in [4.69, 9.17) is 16.7 Å². The molecule has 0 aliphatic carbocycles. The monoisotopic (exact) mass is 316 g/mol. The molecule has 1 saturated heterocycles. The lowest BCUT2D eigenvalue weighted by molar-refractivity contribution is 0.252. The van der Waals surface area contributed by atoms with Crippen molar-refractivity contribution in [3.05, 3.63) is 40.5 Å². The van der Waals surface area contributed by atoms with Crippen molar-refractivity contribution in [3.63, 3.8) is 0 Å². The summed E-state index contributed by atoms with van der Waals surface area (Å²) in [5.41, 5.74) is 3.81. The summed E-state index contributed by atoms with van der Waals surface area (Å²) in [5, 5.41) is 9.24. The van der Waals surface area contributed by atoms with Crippen molar-refractivity contribution in [3.8, 4) is 5.69 Å². The lowest BCUT2D eigenvalue weighted by Crippen LogP contribution is -2.29. The van der Waals surface area contributed by atoms with Crippen LogP contribution < -0.4 is 5.32 Å². The van der Waals surface area contributed by atoms with E-state index in [0.29, 0.717) is 5.92 Å². The number of nitrogens with one attached hydrogen (secondary N) is 1. The van der Waals surface area contributed by atoms with Crippen LogP contribution in [0, 0.1) is 0 Å². The summed E-state index contributed by atoms with van der Waals surface area (Å²) in [6.07, 6.45) is 3.51. The molecular weight excluding hydrogens is 296 g/mol. The van der Waals surface area contributed by atoms with Crippen molar-refractivity contribution >= 4 is 17.4 Å². The fourth-order valence-electron chi connectivity index (χ4n) is 3.58. The molecule has 22 heavy (non-hydrogen) atoms. The summed E-state index contributed by atoms with van der Waals surface area (Å²) in [6.45, 7) is 3.35. The van der Waals surface area contributed by atoms with Gasteiger partial charge in [-0.2, -0.15) is 5.10 Å². The highest BCUT2D eigenvalue weighted by molar-refractivity contribution is 6.30. The first kappa shape index (κ1) is 14.1. The summed E-state index contributed by atoms with van der Waals surface area (Å²) >= 11 is 6.01. The lowest BCUT2D eigenvalue weighted by atomic mass is 9.91. The molecule has 0 unspecified atom stereocenters. The maximum atomic E-state index is 6.01. The first-order valence-electron chi connectivity index (χ1n) is 8.02. The number of anilines is 1. The number of likely N-dealkylation sites (tertiary alicyclic amines) is 1. The van der Waals surface area contributed by atoms with Crippen LogP contribution in [0.2, 0.25) is 5.02 Å². The Kier molecular flexibility index (Phi) is 3.59. The van der Waals surface area contributed by atoms with Crippen LogP contribution in [0.15, 0.2) is 24.3 Å². The number of rotatable bonds is 2. The Morgan fingerprint density at radius 2 is 1.91 bits per heavy atom. The Labute approximate surface area is 136 Å². The molecule has 4 nitrogen and oxygen atoms in total. The van der Waals surface area contributed by atoms with E-state index in [1.807, 2.05) is 24.3 Å². The third kappa shape index (κ3) is 2.40. The standard InChI is InChI=1S/C17H21ClN4/c1-21-10-7-12(8-11-21)16-15-6-9-19-17(15)22(20-16)14-4-2-13(18)3-5-14/h2-5,12,19H,6-11H2,1H3. The van der Waals surface area contributed by atoms with Crippen LogP contribution in [0.25, 0.3) is 5.69 Å². The Morgan fingerprint density at radius 1 is 1.18 bits per heavy atom. The minimum atomic E-state index is 0.596. The quantitative estimate of drug-likeness (QED) is 0.923. The van der Waals surface area contributed by atoms with Gasteiger partial charge in [-0.15, -0.1) is 0 Å². The van der Waals surface area contributed by atoms with Crippen LogP contribution in [-0.2, 0) is 6.42 Å².